The van der Waals surface area contributed by atoms with E-state index in [1.165, 1.54) is 70.6 Å². The van der Waals surface area contributed by atoms with E-state index in [9.17, 15) is 0 Å². The van der Waals surface area contributed by atoms with Crippen LogP contribution in [-0.4, -0.2) is 24.8 Å². The minimum Gasteiger partial charge on any atom is -1.00 e. The van der Waals surface area contributed by atoms with Gasteiger partial charge in [0.05, 0.1) is 0 Å². The third kappa shape index (κ3) is 13.3. The van der Waals surface area contributed by atoms with Crippen LogP contribution in [0.3, 0.4) is 0 Å². The van der Waals surface area contributed by atoms with Crippen molar-refractivity contribution in [3.05, 3.63) is 30.3 Å². The largest absolute Gasteiger partial charge is 1.00 e. The summed E-state index contributed by atoms with van der Waals surface area (Å²) in [6.07, 6.45) is 15.5. The number of quaternary nitrogens is 1. The van der Waals surface area contributed by atoms with Crippen LogP contribution in [0.1, 0.15) is 91.4 Å². The fraction of sp³-hybridized carbons (Fsp3) is 0.750. The highest BCUT2D eigenvalue weighted by Crippen LogP contribution is 2.20. The molecule has 0 bridgehead atoms. The van der Waals surface area contributed by atoms with Gasteiger partial charge in [-0.15, -0.1) is 4.65 Å². The van der Waals surface area contributed by atoms with Crippen molar-refractivity contribution in [1.29, 1.82) is 0 Å². The van der Waals surface area contributed by atoms with E-state index in [4.69, 9.17) is 4.84 Å². The van der Waals surface area contributed by atoms with E-state index in [0.29, 0.717) is 10.6 Å². The Bertz CT molecular complexity index is 439. The fourth-order valence-corrected chi connectivity index (χ4v) is 3.70. The van der Waals surface area contributed by atoms with E-state index in [0.717, 1.165) is 18.8 Å². The highest BCUT2D eigenvalue weighted by molar-refractivity contribution is 5.20. The van der Waals surface area contributed by atoms with Gasteiger partial charge in [-0.1, -0.05) is 96.3 Å². The van der Waals surface area contributed by atoms with E-state index >= 15 is 0 Å². The lowest BCUT2D eigenvalue weighted by Crippen LogP contribution is -3.00. The summed E-state index contributed by atoms with van der Waals surface area (Å²) in [5.74, 6) is 1.68. The fourth-order valence-electron chi connectivity index (χ4n) is 3.70. The second-order valence-corrected chi connectivity index (χ2v) is 8.28. The first-order valence-corrected chi connectivity index (χ1v) is 11.2. The van der Waals surface area contributed by atoms with Gasteiger partial charge in [0.25, 0.3) is 0 Å². The van der Waals surface area contributed by atoms with Crippen LogP contribution in [0.2, 0.25) is 0 Å². The van der Waals surface area contributed by atoms with Gasteiger partial charge in [0.15, 0.2) is 5.75 Å². The van der Waals surface area contributed by atoms with Crippen molar-refractivity contribution in [2.75, 3.05) is 20.1 Å². The zero-order chi connectivity index (χ0) is 19.1. The highest BCUT2D eigenvalue weighted by Gasteiger charge is 2.25. The third-order valence-corrected chi connectivity index (χ3v) is 5.49. The normalized spacial score (nSPS) is 14.2. The van der Waals surface area contributed by atoms with E-state index in [1.807, 2.05) is 18.2 Å². The van der Waals surface area contributed by atoms with Crippen LogP contribution in [0, 0.1) is 5.92 Å². The minimum atomic E-state index is 0. The molecular weight excluding hydrogens is 398 g/mol. The molecule has 0 aliphatic rings. The van der Waals surface area contributed by atoms with Crippen LogP contribution in [0.4, 0.5) is 0 Å². The number of benzene rings is 1. The van der Waals surface area contributed by atoms with Crippen LogP contribution in [0.15, 0.2) is 30.3 Å². The molecule has 0 radical (unpaired) electrons. The molecule has 27 heavy (non-hydrogen) atoms. The predicted molar refractivity (Wildman–Crippen MR) is 114 cm³/mol. The molecule has 0 aromatic heterocycles. The molecule has 0 saturated heterocycles. The van der Waals surface area contributed by atoms with Gasteiger partial charge in [0.1, 0.15) is 20.1 Å². The molecule has 0 amide bonds. The Hall–Kier alpha value is -0.540. The number of unbranched alkanes of at least 4 members (excludes halogenated alkanes) is 9. The molecule has 0 aliphatic heterocycles. The summed E-state index contributed by atoms with van der Waals surface area (Å²) >= 11 is 0. The maximum Gasteiger partial charge on any atom is 0.190 e. The lowest BCUT2D eigenvalue weighted by molar-refractivity contribution is -1.06. The number of nitrogens with zero attached hydrogens (tertiary/aromatic N) is 1. The van der Waals surface area contributed by atoms with Crippen LogP contribution in [0.25, 0.3) is 0 Å². The average Bonchev–Trinajstić information content (AvgIpc) is 2.64. The SMILES string of the molecule is CCCCCCCCCCCCC(C)C[N+](C)(CC)Oc1ccccc1.[Br-]. The Labute approximate surface area is 180 Å². The summed E-state index contributed by atoms with van der Waals surface area (Å²) in [5, 5.41) is 0. The number of rotatable bonds is 16. The quantitative estimate of drug-likeness (QED) is 0.210. The molecule has 0 spiro atoms. The van der Waals surface area contributed by atoms with Crippen molar-refractivity contribution in [1.82, 2.24) is 0 Å². The number of hydrogen-bond donors (Lipinski definition) is 0. The zero-order valence-corrected chi connectivity index (χ0v) is 20.0. The highest BCUT2D eigenvalue weighted by atomic mass is 79.9. The molecule has 0 aliphatic carbocycles. The molecule has 0 fully saturated rings. The van der Waals surface area contributed by atoms with Gasteiger partial charge >= 0.3 is 0 Å². The molecule has 1 aromatic rings. The third-order valence-electron chi connectivity index (χ3n) is 5.49. The van der Waals surface area contributed by atoms with Gasteiger partial charge in [-0.05, 0) is 25.5 Å². The molecule has 2 atom stereocenters. The molecule has 3 heteroatoms. The summed E-state index contributed by atoms with van der Waals surface area (Å²) < 4.78 is 0.670. The molecule has 1 rings (SSSR count). The lowest BCUT2D eigenvalue weighted by atomic mass is 10.0. The van der Waals surface area contributed by atoms with Gasteiger partial charge in [-0.3, -0.25) is 0 Å². The van der Waals surface area contributed by atoms with Crippen LogP contribution in [0.5, 0.6) is 5.75 Å². The molecule has 158 valence electrons. The predicted octanol–water partition coefficient (Wildman–Crippen LogP) is 4.40. The first kappa shape index (κ1) is 26.5. The molecule has 2 unspecified atom stereocenters. The molecule has 2 nitrogen and oxygen atoms in total. The Morgan fingerprint density at radius 1 is 0.815 bits per heavy atom. The van der Waals surface area contributed by atoms with Crippen molar-refractivity contribution >= 4 is 0 Å². The summed E-state index contributed by atoms with van der Waals surface area (Å²) in [5.41, 5.74) is 0. The van der Waals surface area contributed by atoms with Gasteiger partial charge in [-0.25, -0.2) is 0 Å². The van der Waals surface area contributed by atoms with Crippen molar-refractivity contribution in [3.63, 3.8) is 0 Å². The van der Waals surface area contributed by atoms with Crippen molar-refractivity contribution in [2.24, 2.45) is 5.92 Å². The number of halogens is 1. The smallest absolute Gasteiger partial charge is 0.190 e. The Morgan fingerprint density at radius 3 is 1.85 bits per heavy atom. The molecular formula is C24H44BrNO. The van der Waals surface area contributed by atoms with E-state index < -0.39 is 0 Å². The molecule has 0 saturated carbocycles. The van der Waals surface area contributed by atoms with Gasteiger partial charge in [0.2, 0.25) is 0 Å². The second kappa shape index (κ2) is 16.4. The Kier molecular flexibility index (Phi) is 16.1. The van der Waals surface area contributed by atoms with Crippen molar-refractivity contribution < 1.29 is 26.5 Å². The molecule has 0 N–H and O–H groups in total. The summed E-state index contributed by atoms with van der Waals surface area (Å²) in [7, 11) is 2.21. The van der Waals surface area contributed by atoms with Gasteiger partial charge in [-0.2, -0.15) is 0 Å². The number of hydroxylamine groups is 3. The summed E-state index contributed by atoms with van der Waals surface area (Å²) in [4.78, 5) is 6.26. The summed E-state index contributed by atoms with van der Waals surface area (Å²) in [6.45, 7) is 8.97. The van der Waals surface area contributed by atoms with E-state index in [1.54, 1.807) is 0 Å². The topological polar surface area (TPSA) is 9.23 Å². The number of para-hydroxylation sites is 1. The minimum absolute atomic E-state index is 0. The number of hydrogen-bond acceptors (Lipinski definition) is 1. The van der Waals surface area contributed by atoms with Crippen LogP contribution in [-0.2, 0) is 0 Å². The molecule has 1 aromatic carbocycles. The lowest BCUT2D eigenvalue weighted by Gasteiger charge is -2.33. The van der Waals surface area contributed by atoms with E-state index in [2.05, 4.69) is 40.0 Å². The van der Waals surface area contributed by atoms with Crippen molar-refractivity contribution in [3.8, 4) is 5.75 Å². The van der Waals surface area contributed by atoms with E-state index in [-0.39, 0.29) is 17.0 Å². The second-order valence-electron chi connectivity index (χ2n) is 8.28. The van der Waals surface area contributed by atoms with Crippen molar-refractivity contribution in [2.45, 2.75) is 91.4 Å². The molecule has 0 heterocycles. The average molecular weight is 443 g/mol. The first-order chi connectivity index (χ1) is 12.6. The Morgan fingerprint density at radius 2 is 1.33 bits per heavy atom. The monoisotopic (exact) mass is 441 g/mol. The van der Waals surface area contributed by atoms with Gasteiger partial charge < -0.3 is 21.8 Å². The maximum absolute atomic E-state index is 6.26. The van der Waals surface area contributed by atoms with Crippen LogP contribution < -0.4 is 21.8 Å². The summed E-state index contributed by atoms with van der Waals surface area (Å²) in [6, 6.07) is 10.2. The maximum atomic E-state index is 6.26. The first-order valence-electron chi connectivity index (χ1n) is 11.2. The van der Waals surface area contributed by atoms with Crippen LogP contribution >= 0.6 is 0 Å². The zero-order valence-electron chi connectivity index (χ0n) is 18.4. The Balaban J connectivity index is 0.00000676. The standard InChI is InChI=1S/C24H44NO.BrH/c1-5-7-8-9-10-11-12-13-14-16-19-23(3)22-25(4,6-2)26-24-20-17-15-18-21-24;/h15,17-18,20-21,23H,5-14,16,19,22H2,1-4H3;1H/q+1;/p-1. The van der Waals surface area contributed by atoms with Gasteiger partial charge in [0, 0.05) is 5.92 Å².